The van der Waals surface area contributed by atoms with Gasteiger partial charge in [-0.3, -0.25) is 0 Å². The number of hydrogen-bond acceptors (Lipinski definition) is 3. The van der Waals surface area contributed by atoms with Crippen molar-refractivity contribution in [3.8, 4) is 0 Å². The smallest absolute Gasteiger partial charge is 0.145 e. The first-order valence-electron chi connectivity index (χ1n) is 5.43. The molecule has 0 atom stereocenters. The molecule has 0 aliphatic carbocycles. The van der Waals surface area contributed by atoms with Gasteiger partial charge in [-0.2, -0.15) is 0 Å². The van der Waals surface area contributed by atoms with E-state index in [0.29, 0.717) is 16.5 Å². The Labute approximate surface area is 119 Å². The molecule has 94 valence electrons. The van der Waals surface area contributed by atoms with E-state index in [4.69, 9.17) is 17.3 Å². The number of nitrogens with one attached hydrogen (secondary N) is 1. The minimum absolute atomic E-state index is 0.655. The largest absolute Gasteiger partial charge is 0.397 e. The summed E-state index contributed by atoms with van der Waals surface area (Å²) >= 11 is 9.72. The summed E-state index contributed by atoms with van der Waals surface area (Å²) in [5.74, 6) is 0.703. The molecule has 0 saturated carbocycles. The van der Waals surface area contributed by atoms with Crippen LogP contribution in [0.4, 0.5) is 17.2 Å². The van der Waals surface area contributed by atoms with Crippen LogP contribution in [0, 0.1) is 13.8 Å². The van der Waals surface area contributed by atoms with E-state index in [-0.39, 0.29) is 0 Å². The fourth-order valence-corrected chi connectivity index (χ4v) is 2.15. The van der Waals surface area contributed by atoms with Gasteiger partial charge in [-0.1, -0.05) is 23.7 Å². The molecule has 3 N–H and O–H groups in total. The van der Waals surface area contributed by atoms with Crippen LogP contribution in [0.3, 0.4) is 0 Å². The molecule has 2 rings (SSSR count). The second-order valence-electron chi connectivity index (χ2n) is 4.06. The van der Waals surface area contributed by atoms with E-state index in [1.807, 2.05) is 32.0 Å². The maximum atomic E-state index is 6.24. The second-order valence-corrected chi connectivity index (χ2v) is 5.23. The fraction of sp³-hybridized carbons (Fsp3) is 0.154. The van der Waals surface area contributed by atoms with Gasteiger partial charge in [0.25, 0.3) is 0 Å². The molecule has 0 saturated heterocycles. The van der Waals surface area contributed by atoms with E-state index in [0.717, 1.165) is 21.3 Å². The number of halogens is 2. The van der Waals surface area contributed by atoms with Crippen molar-refractivity contribution in [3.05, 3.63) is 45.0 Å². The summed E-state index contributed by atoms with van der Waals surface area (Å²) in [5.41, 5.74) is 9.25. The molecule has 0 spiro atoms. The molecule has 5 heteroatoms. The van der Waals surface area contributed by atoms with Crippen molar-refractivity contribution in [3.63, 3.8) is 0 Å². The second kappa shape index (κ2) is 5.16. The molecule has 1 heterocycles. The normalized spacial score (nSPS) is 10.4. The van der Waals surface area contributed by atoms with E-state index in [1.165, 1.54) is 0 Å². The van der Waals surface area contributed by atoms with Gasteiger partial charge in [0.2, 0.25) is 0 Å². The van der Waals surface area contributed by atoms with E-state index >= 15 is 0 Å². The predicted octanol–water partition coefficient (Wildman–Crippen LogP) is 4.44. The zero-order valence-electron chi connectivity index (χ0n) is 10.1. The van der Waals surface area contributed by atoms with Crippen molar-refractivity contribution < 1.29 is 0 Å². The Morgan fingerprint density at radius 1 is 1.33 bits per heavy atom. The van der Waals surface area contributed by atoms with Crippen LogP contribution < -0.4 is 11.1 Å². The summed E-state index contributed by atoms with van der Waals surface area (Å²) in [6, 6.07) is 5.82. The van der Waals surface area contributed by atoms with E-state index < -0.39 is 0 Å². The molecular weight excluding hydrogens is 314 g/mol. The quantitative estimate of drug-likeness (QED) is 0.857. The minimum Gasteiger partial charge on any atom is -0.397 e. The van der Waals surface area contributed by atoms with Crippen LogP contribution in [-0.2, 0) is 0 Å². The monoisotopic (exact) mass is 325 g/mol. The summed E-state index contributed by atoms with van der Waals surface area (Å²) < 4.78 is 0.847. The van der Waals surface area contributed by atoms with Gasteiger partial charge in [0, 0.05) is 0 Å². The first kappa shape index (κ1) is 13.2. The highest BCUT2D eigenvalue weighted by molar-refractivity contribution is 9.10. The van der Waals surface area contributed by atoms with Crippen molar-refractivity contribution in [1.82, 2.24) is 4.98 Å². The highest BCUT2D eigenvalue weighted by atomic mass is 79.9. The lowest BCUT2D eigenvalue weighted by Crippen LogP contribution is -2.00. The van der Waals surface area contributed by atoms with Gasteiger partial charge in [-0.25, -0.2) is 4.98 Å². The minimum atomic E-state index is 0.655. The van der Waals surface area contributed by atoms with Gasteiger partial charge in [0.15, 0.2) is 0 Å². The van der Waals surface area contributed by atoms with Crippen LogP contribution >= 0.6 is 27.5 Å². The highest BCUT2D eigenvalue weighted by Crippen LogP contribution is 2.33. The Hall–Kier alpha value is -1.26. The standard InChI is InChI=1S/C13H13BrClN3/c1-7-4-3-5-10(12(7)15)18-13-11(14)8(2)9(16)6-17-13/h3-6H,16H2,1-2H3,(H,17,18). The lowest BCUT2D eigenvalue weighted by Gasteiger charge is -2.12. The van der Waals surface area contributed by atoms with Crippen molar-refractivity contribution in [2.45, 2.75) is 13.8 Å². The summed E-state index contributed by atoms with van der Waals surface area (Å²) in [6.07, 6.45) is 1.63. The number of hydrogen-bond donors (Lipinski definition) is 2. The third kappa shape index (κ3) is 2.44. The van der Waals surface area contributed by atoms with Gasteiger partial charge in [-0.05, 0) is 47.0 Å². The van der Waals surface area contributed by atoms with Gasteiger partial charge in [-0.15, -0.1) is 0 Å². The number of nitrogens with zero attached hydrogens (tertiary/aromatic N) is 1. The molecule has 0 unspecified atom stereocenters. The zero-order valence-corrected chi connectivity index (χ0v) is 12.4. The number of pyridine rings is 1. The van der Waals surface area contributed by atoms with Crippen molar-refractivity contribution in [2.24, 2.45) is 0 Å². The molecule has 0 aliphatic heterocycles. The Bertz CT molecular complexity index is 599. The van der Waals surface area contributed by atoms with Crippen LogP contribution in [0.15, 0.2) is 28.9 Å². The maximum absolute atomic E-state index is 6.24. The lowest BCUT2D eigenvalue weighted by atomic mass is 10.2. The van der Waals surface area contributed by atoms with Crippen molar-refractivity contribution in [2.75, 3.05) is 11.1 Å². The van der Waals surface area contributed by atoms with Crippen molar-refractivity contribution >= 4 is 44.7 Å². The van der Waals surface area contributed by atoms with E-state index in [1.54, 1.807) is 6.20 Å². The van der Waals surface area contributed by atoms with Crippen LogP contribution in [0.25, 0.3) is 0 Å². The average Bonchev–Trinajstić information content (AvgIpc) is 2.35. The molecule has 0 radical (unpaired) electrons. The molecule has 18 heavy (non-hydrogen) atoms. The Morgan fingerprint density at radius 2 is 2.06 bits per heavy atom. The highest BCUT2D eigenvalue weighted by Gasteiger charge is 2.09. The molecule has 0 amide bonds. The van der Waals surface area contributed by atoms with Gasteiger partial charge in [0.1, 0.15) is 5.82 Å². The van der Waals surface area contributed by atoms with Gasteiger partial charge >= 0.3 is 0 Å². The molecule has 3 nitrogen and oxygen atoms in total. The third-order valence-electron chi connectivity index (χ3n) is 2.75. The molecule has 1 aromatic heterocycles. The Kier molecular flexibility index (Phi) is 3.78. The van der Waals surface area contributed by atoms with Gasteiger partial charge in [0.05, 0.1) is 27.1 Å². The van der Waals surface area contributed by atoms with Crippen LogP contribution in [0.1, 0.15) is 11.1 Å². The molecule has 2 aromatic rings. The summed E-state index contributed by atoms with van der Waals surface area (Å²) in [7, 11) is 0. The number of aryl methyl sites for hydroxylation is 1. The predicted molar refractivity (Wildman–Crippen MR) is 80.6 cm³/mol. The Morgan fingerprint density at radius 3 is 2.78 bits per heavy atom. The number of anilines is 3. The molecule has 0 aliphatic rings. The van der Waals surface area contributed by atoms with Crippen LogP contribution in [0.2, 0.25) is 5.02 Å². The topological polar surface area (TPSA) is 50.9 Å². The first-order chi connectivity index (χ1) is 8.50. The summed E-state index contributed by atoms with van der Waals surface area (Å²) in [4.78, 5) is 4.26. The number of rotatable bonds is 2. The third-order valence-corrected chi connectivity index (χ3v) is 4.22. The number of nitrogen functional groups attached to an aromatic ring is 1. The van der Waals surface area contributed by atoms with Crippen molar-refractivity contribution in [1.29, 1.82) is 0 Å². The van der Waals surface area contributed by atoms with E-state index in [9.17, 15) is 0 Å². The summed E-state index contributed by atoms with van der Waals surface area (Å²) in [5, 5.41) is 3.90. The van der Waals surface area contributed by atoms with E-state index in [2.05, 4.69) is 26.2 Å². The molecule has 0 bridgehead atoms. The molecule has 0 fully saturated rings. The van der Waals surface area contributed by atoms with Gasteiger partial charge < -0.3 is 11.1 Å². The number of nitrogens with two attached hydrogens (primary N) is 1. The number of benzene rings is 1. The maximum Gasteiger partial charge on any atom is 0.145 e. The van der Waals surface area contributed by atoms with Crippen LogP contribution in [0.5, 0.6) is 0 Å². The number of aromatic nitrogens is 1. The fourth-order valence-electron chi connectivity index (χ4n) is 1.55. The average molecular weight is 327 g/mol. The molecule has 1 aromatic carbocycles. The first-order valence-corrected chi connectivity index (χ1v) is 6.60. The Balaban J connectivity index is 2.41. The molecular formula is C13H13BrClN3. The lowest BCUT2D eigenvalue weighted by molar-refractivity contribution is 1.25. The SMILES string of the molecule is Cc1cccc(Nc2ncc(N)c(C)c2Br)c1Cl. The van der Waals surface area contributed by atoms with Crippen LogP contribution in [-0.4, -0.2) is 4.98 Å². The summed E-state index contributed by atoms with van der Waals surface area (Å²) in [6.45, 7) is 3.90. The zero-order chi connectivity index (χ0) is 13.3.